The second-order valence-corrected chi connectivity index (χ2v) is 11.6. The highest BCUT2D eigenvalue weighted by atomic mass is 19.1. The SMILES string of the molecule is C=C(c1ccc(-c2ccc(OCC3CCN(CC(C)(CC)CC)CC3)c(C#N)c2)c(F)c1)N1CCCCC1. The van der Waals surface area contributed by atoms with Gasteiger partial charge in [0.2, 0.25) is 0 Å². The van der Waals surface area contributed by atoms with E-state index in [4.69, 9.17) is 4.74 Å². The fraction of sp³-hybridized carbons (Fsp3) is 0.545. The minimum absolute atomic E-state index is 0.299. The quantitative estimate of drug-likeness (QED) is 0.323. The molecule has 2 aliphatic heterocycles. The normalized spacial score (nSPS) is 17.3. The number of halogens is 1. The second-order valence-electron chi connectivity index (χ2n) is 11.6. The van der Waals surface area contributed by atoms with Crippen LogP contribution in [0.1, 0.15) is 76.8 Å². The first-order valence-corrected chi connectivity index (χ1v) is 14.5. The van der Waals surface area contributed by atoms with Gasteiger partial charge in [-0.05, 0) is 93.1 Å². The van der Waals surface area contributed by atoms with Crippen LogP contribution >= 0.6 is 0 Å². The fourth-order valence-corrected chi connectivity index (χ4v) is 5.72. The van der Waals surface area contributed by atoms with Crippen LogP contribution in [0.25, 0.3) is 16.8 Å². The van der Waals surface area contributed by atoms with Crippen LogP contribution in [0.2, 0.25) is 0 Å². The van der Waals surface area contributed by atoms with Crippen LogP contribution in [0.15, 0.2) is 43.0 Å². The molecule has 0 bridgehead atoms. The summed E-state index contributed by atoms with van der Waals surface area (Å²) in [5.41, 5.74) is 3.71. The maximum atomic E-state index is 15.2. The minimum atomic E-state index is -0.299. The van der Waals surface area contributed by atoms with Crippen molar-refractivity contribution in [3.63, 3.8) is 0 Å². The molecule has 0 aliphatic carbocycles. The van der Waals surface area contributed by atoms with Crippen molar-refractivity contribution >= 4 is 5.70 Å². The number of nitriles is 1. The Bertz CT molecular complexity index is 1140. The van der Waals surface area contributed by atoms with E-state index in [1.54, 1.807) is 18.2 Å². The highest BCUT2D eigenvalue weighted by molar-refractivity contribution is 5.71. The molecule has 5 heteroatoms. The smallest absolute Gasteiger partial charge is 0.137 e. The molecule has 0 radical (unpaired) electrons. The highest BCUT2D eigenvalue weighted by Gasteiger charge is 2.27. The highest BCUT2D eigenvalue weighted by Crippen LogP contribution is 2.32. The predicted octanol–water partition coefficient (Wildman–Crippen LogP) is 7.74. The van der Waals surface area contributed by atoms with E-state index in [1.807, 2.05) is 18.2 Å². The molecule has 38 heavy (non-hydrogen) atoms. The molecule has 204 valence electrons. The van der Waals surface area contributed by atoms with E-state index in [0.717, 1.165) is 69.7 Å². The summed E-state index contributed by atoms with van der Waals surface area (Å²) in [5, 5.41) is 9.80. The summed E-state index contributed by atoms with van der Waals surface area (Å²) in [5.74, 6) is 0.774. The average molecular weight is 518 g/mol. The Morgan fingerprint density at radius 1 is 1.05 bits per heavy atom. The summed E-state index contributed by atoms with van der Waals surface area (Å²) >= 11 is 0. The molecule has 0 N–H and O–H groups in total. The lowest BCUT2D eigenvalue weighted by Gasteiger charge is -2.38. The Morgan fingerprint density at radius 2 is 1.76 bits per heavy atom. The molecule has 4 nitrogen and oxygen atoms in total. The molecular formula is C33H44FN3O. The van der Waals surface area contributed by atoms with Crippen LogP contribution in [-0.4, -0.2) is 49.1 Å². The van der Waals surface area contributed by atoms with E-state index < -0.39 is 0 Å². The van der Waals surface area contributed by atoms with Crippen molar-refractivity contribution < 1.29 is 9.13 Å². The monoisotopic (exact) mass is 517 g/mol. The van der Waals surface area contributed by atoms with Gasteiger partial charge < -0.3 is 14.5 Å². The van der Waals surface area contributed by atoms with E-state index in [2.05, 4.69) is 43.2 Å². The van der Waals surface area contributed by atoms with Crippen LogP contribution < -0.4 is 4.74 Å². The number of hydrogen-bond acceptors (Lipinski definition) is 4. The summed E-state index contributed by atoms with van der Waals surface area (Å²) in [6, 6.07) is 13.0. The van der Waals surface area contributed by atoms with Gasteiger partial charge in [0.05, 0.1) is 12.2 Å². The van der Waals surface area contributed by atoms with Gasteiger partial charge >= 0.3 is 0 Å². The molecule has 2 heterocycles. The first kappa shape index (κ1) is 28.2. The maximum absolute atomic E-state index is 15.2. The van der Waals surface area contributed by atoms with E-state index in [0.29, 0.717) is 40.4 Å². The van der Waals surface area contributed by atoms with Crippen LogP contribution in [0, 0.1) is 28.5 Å². The van der Waals surface area contributed by atoms with Crippen LogP contribution in [0.5, 0.6) is 5.75 Å². The Kier molecular flexibility index (Phi) is 9.49. The largest absolute Gasteiger partial charge is 0.492 e. The van der Waals surface area contributed by atoms with E-state index in [9.17, 15) is 5.26 Å². The topological polar surface area (TPSA) is 39.5 Å². The summed E-state index contributed by atoms with van der Waals surface area (Å²) in [4.78, 5) is 4.84. The third-order valence-corrected chi connectivity index (χ3v) is 8.95. The van der Waals surface area contributed by atoms with Crippen LogP contribution in [0.3, 0.4) is 0 Å². The first-order valence-electron chi connectivity index (χ1n) is 14.5. The molecule has 0 spiro atoms. The maximum Gasteiger partial charge on any atom is 0.137 e. The standard InChI is InChI=1S/C33H44FN3O/c1-5-33(4,6-2)24-36-18-14-26(15-19-36)23-38-32-13-11-28(20-29(32)22-35)30-12-10-27(21-31(30)34)25(3)37-16-8-7-9-17-37/h10-13,20-21,26H,3,5-9,14-19,23-24H2,1-2,4H3. The lowest BCUT2D eigenvalue weighted by molar-refractivity contribution is 0.0957. The molecule has 0 saturated carbocycles. The van der Waals surface area contributed by atoms with Gasteiger partial charge in [0, 0.05) is 36.5 Å². The van der Waals surface area contributed by atoms with Crippen molar-refractivity contribution in [2.45, 2.75) is 65.7 Å². The third-order valence-electron chi connectivity index (χ3n) is 8.95. The zero-order chi connectivity index (χ0) is 27.1. The zero-order valence-corrected chi connectivity index (χ0v) is 23.6. The molecule has 2 fully saturated rings. The lowest BCUT2D eigenvalue weighted by atomic mass is 9.83. The number of rotatable bonds is 10. The third kappa shape index (κ3) is 6.77. The molecule has 2 saturated heterocycles. The number of ether oxygens (including phenoxy) is 1. The molecule has 0 atom stereocenters. The minimum Gasteiger partial charge on any atom is -0.492 e. The van der Waals surface area contributed by atoms with Crippen molar-refractivity contribution in [3.8, 4) is 22.9 Å². The van der Waals surface area contributed by atoms with Gasteiger partial charge in [-0.25, -0.2) is 4.39 Å². The lowest BCUT2D eigenvalue weighted by Crippen LogP contribution is -2.41. The Hall–Kier alpha value is -2.84. The Labute approximate surface area is 229 Å². The van der Waals surface area contributed by atoms with E-state index >= 15 is 4.39 Å². The van der Waals surface area contributed by atoms with Crippen molar-refractivity contribution in [2.24, 2.45) is 11.3 Å². The van der Waals surface area contributed by atoms with Crippen LogP contribution in [0.4, 0.5) is 4.39 Å². The molecule has 0 unspecified atom stereocenters. The molecule has 2 aromatic carbocycles. The van der Waals surface area contributed by atoms with Gasteiger partial charge in [-0.3, -0.25) is 0 Å². The van der Waals surface area contributed by atoms with E-state index in [1.165, 1.54) is 19.3 Å². The molecule has 0 aromatic heterocycles. The van der Waals surface area contributed by atoms with Crippen molar-refractivity contribution in [1.82, 2.24) is 9.80 Å². The Balaban J connectivity index is 1.36. The summed E-state index contributed by atoms with van der Waals surface area (Å²) in [6.07, 6.45) is 8.20. The molecule has 2 aliphatic rings. The van der Waals surface area contributed by atoms with Crippen molar-refractivity contribution in [2.75, 3.05) is 39.3 Å². The second kappa shape index (κ2) is 12.8. The van der Waals surface area contributed by atoms with E-state index in [-0.39, 0.29) is 5.82 Å². The first-order chi connectivity index (χ1) is 18.4. The van der Waals surface area contributed by atoms with Gasteiger partial charge in [0.15, 0.2) is 0 Å². The molecular weight excluding hydrogens is 473 g/mol. The summed E-state index contributed by atoms with van der Waals surface area (Å²) < 4.78 is 21.3. The van der Waals surface area contributed by atoms with Gasteiger partial charge in [0.1, 0.15) is 17.6 Å². The predicted molar refractivity (Wildman–Crippen MR) is 154 cm³/mol. The number of hydrogen-bond donors (Lipinski definition) is 0. The molecule has 2 aromatic rings. The number of nitrogens with zero attached hydrogens (tertiary/aromatic N) is 3. The summed E-state index contributed by atoms with van der Waals surface area (Å²) in [6.45, 7) is 17.1. The molecule has 0 amide bonds. The fourth-order valence-electron chi connectivity index (χ4n) is 5.72. The number of benzene rings is 2. The summed E-state index contributed by atoms with van der Waals surface area (Å²) in [7, 11) is 0. The van der Waals surface area contributed by atoms with Gasteiger partial charge in [-0.2, -0.15) is 5.26 Å². The van der Waals surface area contributed by atoms with Crippen molar-refractivity contribution in [3.05, 3.63) is 59.9 Å². The average Bonchev–Trinajstić information content (AvgIpc) is 2.96. The van der Waals surface area contributed by atoms with Gasteiger partial charge in [-0.1, -0.05) is 45.5 Å². The van der Waals surface area contributed by atoms with Gasteiger partial charge in [-0.15, -0.1) is 0 Å². The molecule has 4 rings (SSSR count). The van der Waals surface area contributed by atoms with Crippen LogP contribution in [-0.2, 0) is 0 Å². The zero-order valence-electron chi connectivity index (χ0n) is 23.6. The van der Waals surface area contributed by atoms with Gasteiger partial charge in [0.25, 0.3) is 0 Å². The Morgan fingerprint density at radius 3 is 2.39 bits per heavy atom. The number of piperidine rings is 2. The van der Waals surface area contributed by atoms with Crippen molar-refractivity contribution in [1.29, 1.82) is 5.26 Å². The number of likely N-dealkylation sites (tertiary alicyclic amines) is 2.